The lowest BCUT2D eigenvalue weighted by Gasteiger charge is -2.39. The second-order valence-corrected chi connectivity index (χ2v) is 10.5. The molecule has 2 bridgehead atoms. The largest absolute Gasteiger partial charge is 0.396 e. The number of aromatic nitrogens is 1. The molecule has 3 aliphatic rings. The Labute approximate surface area is 217 Å². The van der Waals surface area contributed by atoms with Gasteiger partial charge >= 0.3 is 0 Å². The number of pyridine rings is 1. The van der Waals surface area contributed by atoms with Crippen LogP contribution in [0.15, 0.2) is 77.6 Å². The van der Waals surface area contributed by atoms with Crippen molar-refractivity contribution in [2.45, 2.75) is 45.1 Å². The maximum Gasteiger partial charge on any atom is 0.258 e. The van der Waals surface area contributed by atoms with Crippen LogP contribution < -0.4 is 5.56 Å². The molecule has 1 fully saturated rings. The summed E-state index contributed by atoms with van der Waals surface area (Å²) in [7, 11) is 0. The minimum atomic E-state index is -0.412. The Bertz CT molecular complexity index is 1400. The number of nitrogens with zero attached hydrogens (tertiary/aromatic N) is 3. The number of rotatable bonds is 5. The van der Waals surface area contributed by atoms with Gasteiger partial charge in [-0.3, -0.25) is 14.5 Å². The fraction of sp³-hybridized carbons (Fsp3) is 0.355. The predicted octanol–water partition coefficient (Wildman–Crippen LogP) is 3.63. The second-order valence-electron chi connectivity index (χ2n) is 10.5. The van der Waals surface area contributed by atoms with Crippen LogP contribution in [-0.4, -0.2) is 44.6 Å². The molecule has 3 aliphatic heterocycles. The third kappa shape index (κ3) is 4.05. The highest BCUT2D eigenvalue weighted by Crippen LogP contribution is 2.49. The Morgan fingerprint density at radius 1 is 1.03 bits per heavy atom. The van der Waals surface area contributed by atoms with Crippen molar-refractivity contribution >= 4 is 12.0 Å². The Morgan fingerprint density at radius 2 is 1.78 bits per heavy atom. The van der Waals surface area contributed by atoms with E-state index in [1.54, 1.807) is 0 Å². The lowest BCUT2D eigenvalue weighted by Crippen LogP contribution is -2.46. The molecule has 0 radical (unpaired) electrons. The molecule has 0 saturated carbocycles. The number of allylic oxidation sites excluding steroid dienone is 1. The first-order valence-corrected chi connectivity index (χ1v) is 13.2. The van der Waals surface area contributed by atoms with E-state index in [9.17, 15) is 14.7 Å². The van der Waals surface area contributed by atoms with Gasteiger partial charge in [0.15, 0.2) is 0 Å². The summed E-state index contributed by atoms with van der Waals surface area (Å²) in [4.78, 5) is 32.0. The van der Waals surface area contributed by atoms with Crippen LogP contribution in [0.3, 0.4) is 0 Å². The van der Waals surface area contributed by atoms with Gasteiger partial charge in [0.2, 0.25) is 5.91 Å². The highest BCUT2D eigenvalue weighted by Gasteiger charge is 2.56. The van der Waals surface area contributed by atoms with Gasteiger partial charge in [-0.05, 0) is 42.2 Å². The van der Waals surface area contributed by atoms with Gasteiger partial charge in [0.05, 0.1) is 12.0 Å². The number of benzene rings is 2. The first-order valence-electron chi connectivity index (χ1n) is 13.2. The lowest BCUT2D eigenvalue weighted by atomic mass is 9.85. The molecule has 6 nitrogen and oxygen atoms in total. The van der Waals surface area contributed by atoms with Crippen molar-refractivity contribution in [3.63, 3.8) is 0 Å². The topological polar surface area (TPSA) is 65.8 Å². The summed E-state index contributed by atoms with van der Waals surface area (Å²) in [6, 6.07) is 22.1. The zero-order valence-electron chi connectivity index (χ0n) is 21.2. The molecule has 1 aromatic heterocycles. The van der Waals surface area contributed by atoms with Crippen molar-refractivity contribution in [2.75, 3.05) is 13.2 Å². The third-order valence-corrected chi connectivity index (χ3v) is 8.48. The molecule has 0 unspecified atom stereocenters. The summed E-state index contributed by atoms with van der Waals surface area (Å²) in [6.45, 7) is 4.23. The van der Waals surface area contributed by atoms with Gasteiger partial charge in [-0.15, -0.1) is 0 Å². The van der Waals surface area contributed by atoms with Crippen molar-refractivity contribution in [3.8, 4) is 0 Å². The molecule has 6 rings (SSSR count). The quantitative estimate of drug-likeness (QED) is 0.587. The number of aliphatic hydroxyl groups excluding tert-OH is 1. The van der Waals surface area contributed by atoms with Crippen LogP contribution in [0.25, 0.3) is 6.08 Å². The minimum absolute atomic E-state index is 0.0263. The summed E-state index contributed by atoms with van der Waals surface area (Å²) >= 11 is 0. The van der Waals surface area contributed by atoms with E-state index < -0.39 is 5.92 Å². The highest BCUT2D eigenvalue weighted by molar-refractivity contribution is 5.81. The Kier molecular flexibility index (Phi) is 6.31. The van der Waals surface area contributed by atoms with Gasteiger partial charge in [-0.25, -0.2) is 0 Å². The predicted molar refractivity (Wildman–Crippen MR) is 144 cm³/mol. The first kappa shape index (κ1) is 23.9. The molecule has 0 aliphatic carbocycles. The lowest BCUT2D eigenvalue weighted by molar-refractivity contribution is -0.139. The summed E-state index contributed by atoms with van der Waals surface area (Å²) in [5.41, 5.74) is 5.15. The molecule has 1 amide bonds. The summed E-state index contributed by atoms with van der Waals surface area (Å²) in [5, 5.41) is 10.7. The van der Waals surface area contributed by atoms with Crippen molar-refractivity contribution in [1.29, 1.82) is 0 Å². The molecular formula is C31H33N3O3. The average molecular weight is 496 g/mol. The van der Waals surface area contributed by atoms with Crippen molar-refractivity contribution in [3.05, 3.63) is 111 Å². The van der Waals surface area contributed by atoms with E-state index in [1.165, 1.54) is 11.1 Å². The van der Waals surface area contributed by atoms with Crippen LogP contribution in [0, 0.1) is 11.8 Å². The highest BCUT2D eigenvalue weighted by atomic mass is 16.3. The van der Waals surface area contributed by atoms with E-state index in [2.05, 4.69) is 35.2 Å². The monoisotopic (exact) mass is 495 g/mol. The standard InChI is InChI=1S/C31H33N3O3/c1-2-8-23-13-14-26-29-28(31(37)32-16-15-22-11-6-7-12-24(22)18-32)25(20-35)27(19-34(26)30(23)36)33(29)17-21-9-4-3-5-10-21/h2-14,25,27-29,35H,15-20H2,1H3/b8-2-/t25-,27-,28+,29+/m1/s1. The van der Waals surface area contributed by atoms with Crippen molar-refractivity contribution < 1.29 is 9.90 Å². The number of hydrogen-bond donors (Lipinski definition) is 1. The van der Waals surface area contributed by atoms with E-state index in [1.807, 2.05) is 64.9 Å². The smallest absolute Gasteiger partial charge is 0.258 e. The van der Waals surface area contributed by atoms with Crippen LogP contribution in [0.1, 0.15) is 40.9 Å². The Morgan fingerprint density at radius 3 is 2.54 bits per heavy atom. The molecular weight excluding hydrogens is 462 g/mol. The molecule has 1 saturated heterocycles. The summed E-state index contributed by atoms with van der Waals surface area (Å²) in [5.74, 6) is -0.579. The molecule has 1 N–H and O–H groups in total. The van der Waals surface area contributed by atoms with E-state index in [4.69, 9.17) is 0 Å². The van der Waals surface area contributed by atoms with E-state index in [0.29, 0.717) is 31.7 Å². The number of amides is 1. The Hall–Kier alpha value is -3.48. The van der Waals surface area contributed by atoms with Crippen molar-refractivity contribution in [1.82, 2.24) is 14.4 Å². The summed E-state index contributed by atoms with van der Waals surface area (Å²) < 4.78 is 1.85. The van der Waals surface area contributed by atoms with Crippen LogP contribution in [-0.2, 0) is 30.8 Å². The van der Waals surface area contributed by atoms with Crippen LogP contribution in [0.4, 0.5) is 0 Å². The van der Waals surface area contributed by atoms with Gasteiger partial charge in [0.25, 0.3) is 5.56 Å². The maximum absolute atomic E-state index is 14.3. The van der Waals surface area contributed by atoms with Gasteiger partial charge < -0.3 is 14.6 Å². The van der Waals surface area contributed by atoms with E-state index in [0.717, 1.165) is 17.7 Å². The van der Waals surface area contributed by atoms with Crippen LogP contribution in [0.5, 0.6) is 0 Å². The van der Waals surface area contributed by atoms with E-state index >= 15 is 0 Å². The fourth-order valence-electron chi connectivity index (χ4n) is 6.73. The molecule has 37 heavy (non-hydrogen) atoms. The number of carbonyl (C=O) groups is 1. The number of fused-ring (bicyclic) bond motifs is 5. The molecule has 6 heteroatoms. The van der Waals surface area contributed by atoms with Gasteiger partial charge in [-0.1, -0.05) is 66.7 Å². The first-order chi connectivity index (χ1) is 18.1. The maximum atomic E-state index is 14.3. The van der Waals surface area contributed by atoms with Gasteiger partial charge in [-0.2, -0.15) is 0 Å². The Balaban J connectivity index is 1.42. The number of aliphatic hydroxyl groups is 1. The fourth-order valence-corrected chi connectivity index (χ4v) is 6.73. The minimum Gasteiger partial charge on any atom is -0.396 e. The number of carbonyl (C=O) groups excluding carboxylic acids is 1. The molecule has 2 aromatic carbocycles. The third-order valence-electron chi connectivity index (χ3n) is 8.48. The molecule has 190 valence electrons. The zero-order valence-corrected chi connectivity index (χ0v) is 21.2. The average Bonchev–Trinajstić information content (AvgIpc) is 3.13. The van der Waals surface area contributed by atoms with Gasteiger partial charge in [0, 0.05) is 56.0 Å². The van der Waals surface area contributed by atoms with E-state index in [-0.39, 0.29) is 36.1 Å². The van der Waals surface area contributed by atoms with Crippen LogP contribution in [0.2, 0.25) is 0 Å². The number of hydrogen-bond acceptors (Lipinski definition) is 4. The normalized spacial score (nSPS) is 24.8. The molecule has 4 atom stereocenters. The summed E-state index contributed by atoms with van der Waals surface area (Å²) in [6.07, 6.45) is 4.55. The zero-order chi connectivity index (χ0) is 25.5. The second kappa shape index (κ2) is 9.77. The molecule has 4 heterocycles. The SMILES string of the molecule is C/C=C\c1ccc2n(c1=O)C[C@@H]1[C@@H](CO)[C@H](C(=O)N3CCc4ccccc4C3)[C@H]2N1Cc1ccccc1. The van der Waals surface area contributed by atoms with Crippen LogP contribution >= 0.6 is 0 Å². The van der Waals surface area contributed by atoms with Crippen molar-refractivity contribution in [2.24, 2.45) is 11.8 Å². The molecule has 3 aromatic rings. The molecule has 0 spiro atoms. The van der Waals surface area contributed by atoms with Gasteiger partial charge in [0.1, 0.15) is 0 Å².